The molecule has 1 aromatic rings. The molecule has 2 nitrogen and oxygen atoms in total. The van der Waals surface area contributed by atoms with Crippen LogP contribution in [0.3, 0.4) is 0 Å². The van der Waals surface area contributed by atoms with Gasteiger partial charge < -0.3 is 10.2 Å². The molecule has 0 saturated heterocycles. The Bertz CT molecular complexity index is 302. The fourth-order valence-electron chi connectivity index (χ4n) is 1.16. The third-order valence-corrected chi connectivity index (χ3v) is 1.65. The van der Waals surface area contributed by atoms with Gasteiger partial charge in [0, 0.05) is 6.42 Å². The van der Waals surface area contributed by atoms with Crippen molar-refractivity contribution in [3.8, 4) is 5.75 Å². The summed E-state index contributed by atoms with van der Waals surface area (Å²) < 4.78 is 12.8. The summed E-state index contributed by atoms with van der Waals surface area (Å²) in [6, 6.07) is 4.11. The molecule has 0 aliphatic carbocycles. The zero-order valence-corrected chi connectivity index (χ0v) is 7.71. The molecular formula is C10H13FO2. The third kappa shape index (κ3) is 3.03. The molecule has 0 heterocycles. The number of hydrogen-bond acceptors (Lipinski definition) is 2. The van der Waals surface area contributed by atoms with E-state index in [-0.39, 0.29) is 5.75 Å². The van der Waals surface area contributed by atoms with Gasteiger partial charge in [0.15, 0.2) is 11.6 Å². The van der Waals surface area contributed by atoms with Crippen LogP contribution in [-0.2, 0) is 6.42 Å². The van der Waals surface area contributed by atoms with Gasteiger partial charge in [0.25, 0.3) is 0 Å². The molecule has 1 rings (SSSR count). The van der Waals surface area contributed by atoms with Gasteiger partial charge in [-0.25, -0.2) is 4.39 Å². The predicted molar refractivity (Wildman–Crippen MR) is 48.1 cm³/mol. The van der Waals surface area contributed by atoms with E-state index < -0.39 is 11.4 Å². The maximum Gasteiger partial charge on any atom is 0.165 e. The minimum Gasteiger partial charge on any atom is -0.505 e. The normalized spacial score (nSPS) is 11.7. The van der Waals surface area contributed by atoms with Gasteiger partial charge in [-0.1, -0.05) is 6.07 Å². The molecule has 2 N–H and O–H groups in total. The molecule has 0 amide bonds. The molecule has 0 radical (unpaired) electrons. The monoisotopic (exact) mass is 184 g/mol. The van der Waals surface area contributed by atoms with Gasteiger partial charge in [0.2, 0.25) is 0 Å². The van der Waals surface area contributed by atoms with Crippen molar-refractivity contribution in [3.05, 3.63) is 29.6 Å². The first-order chi connectivity index (χ1) is 5.88. The quantitative estimate of drug-likeness (QED) is 0.736. The van der Waals surface area contributed by atoms with Crippen LogP contribution < -0.4 is 0 Å². The SMILES string of the molecule is CC(C)(O)Cc1ccc(O)c(F)c1. The first-order valence-corrected chi connectivity index (χ1v) is 4.08. The van der Waals surface area contributed by atoms with Gasteiger partial charge in [-0.3, -0.25) is 0 Å². The molecule has 0 fully saturated rings. The Morgan fingerprint density at radius 1 is 1.38 bits per heavy atom. The van der Waals surface area contributed by atoms with Gasteiger partial charge in [0.1, 0.15) is 0 Å². The molecule has 0 saturated carbocycles. The van der Waals surface area contributed by atoms with E-state index in [0.717, 1.165) is 0 Å². The summed E-state index contributed by atoms with van der Waals surface area (Å²) >= 11 is 0. The lowest BCUT2D eigenvalue weighted by Gasteiger charge is -2.16. The van der Waals surface area contributed by atoms with E-state index in [1.165, 1.54) is 12.1 Å². The Kier molecular flexibility index (Phi) is 2.57. The number of halogens is 1. The van der Waals surface area contributed by atoms with Crippen molar-refractivity contribution in [2.24, 2.45) is 0 Å². The van der Waals surface area contributed by atoms with Crippen molar-refractivity contribution in [3.63, 3.8) is 0 Å². The number of phenols is 1. The first kappa shape index (κ1) is 9.99. The van der Waals surface area contributed by atoms with Crippen molar-refractivity contribution in [2.75, 3.05) is 0 Å². The molecule has 0 spiro atoms. The topological polar surface area (TPSA) is 40.5 Å². The summed E-state index contributed by atoms with van der Waals surface area (Å²) in [4.78, 5) is 0. The molecule has 0 bridgehead atoms. The van der Waals surface area contributed by atoms with Crippen LogP contribution in [0.2, 0.25) is 0 Å². The van der Waals surface area contributed by atoms with Crippen LogP contribution in [0.4, 0.5) is 4.39 Å². The standard InChI is InChI=1S/C10H13FO2/c1-10(2,13)6-7-3-4-9(12)8(11)5-7/h3-5,12-13H,6H2,1-2H3. The Hall–Kier alpha value is -1.09. The van der Waals surface area contributed by atoms with Gasteiger partial charge >= 0.3 is 0 Å². The highest BCUT2D eigenvalue weighted by molar-refractivity contribution is 5.28. The van der Waals surface area contributed by atoms with Crippen LogP contribution in [0.15, 0.2) is 18.2 Å². The molecule has 0 atom stereocenters. The van der Waals surface area contributed by atoms with Crippen LogP contribution in [0.5, 0.6) is 5.75 Å². The number of aromatic hydroxyl groups is 1. The van der Waals surface area contributed by atoms with Gasteiger partial charge in [-0.15, -0.1) is 0 Å². The molecule has 13 heavy (non-hydrogen) atoms. The van der Waals surface area contributed by atoms with Crippen LogP contribution in [-0.4, -0.2) is 15.8 Å². The number of aliphatic hydroxyl groups is 1. The molecule has 0 aromatic heterocycles. The Labute approximate surface area is 76.6 Å². The van der Waals surface area contributed by atoms with Crippen LogP contribution in [0.25, 0.3) is 0 Å². The Morgan fingerprint density at radius 2 is 2.00 bits per heavy atom. The minimum absolute atomic E-state index is 0.362. The summed E-state index contributed by atoms with van der Waals surface area (Å²) in [5.41, 5.74) is -0.188. The Balaban J connectivity index is 2.86. The molecular weight excluding hydrogens is 171 g/mol. The lowest BCUT2D eigenvalue weighted by Crippen LogP contribution is -2.21. The highest BCUT2D eigenvalue weighted by atomic mass is 19.1. The molecule has 3 heteroatoms. The van der Waals surface area contributed by atoms with E-state index >= 15 is 0 Å². The van der Waals surface area contributed by atoms with Gasteiger partial charge in [-0.05, 0) is 31.5 Å². The number of phenolic OH excluding ortho intramolecular Hbond substituents is 1. The minimum atomic E-state index is -0.858. The second-order valence-corrected chi connectivity index (χ2v) is 3.77. The van der Waals surface area contributed by atoms with E-state index in [0.29, 0.717) is 12.0 Å². The Morgan fingerprint density at radius 3 is 2.46 bits per heavy atom. The van der Waals surface area contributed by atoms with Gasteiger partial charge in [-0.2, -0.15) is 0 Å². The number of hydrogen-bond donors (Lipinski definition) is 2. The maximum absolute atomic E-state index is 12.8. The van der Waals surface area contributed by atoms with Crippen molar-refractivity contribution in [2.45, 2.75) is 25.9 Å². The lowest BCUT2D eigenvalue weighted by molar-refractivity contribution is 0.0809. The highest BCUT2D eigenvalue weighted by Gasteiger charge is 2.14. The summed E-state index contributed by atoms with van der Waals surface area (Å²) in [6.45, 7) is 3.30. The fourth-order valence-corrected chi connectivity index (χ4v) is 1.16. The van der Waals surface area contributed by atoms with E-state index in [9.17, 15) is 9.50 Å². The third-order valence-electron chi connectivity index (χ3n) is 1.65. The van der Waals surface area contributed by atoms with Gasteiger partial charge in [0.05, 0.1) is 5.60 Å². The van der Waals surface area contributed by atoms with E-state index in [2.05, 4.69) is 0 Å². The fraction of sp³-hybridized carbons (Fsp3) is 0.400. The molecule has 0 unspecified atom stereocenters. The predicted octanol–water partition coefficient (Wildman–Crippen LogP) is 1.84. The average Bonchev–Trinajstić information content (AvgIpc) is 1.94. The first-order valence-electron chi connectivity index (χ1n) is 4.08. The van der Waals surface area contributed by atoms with Crippen LogP contribution in [0.1, 0.15) is 19.4 Å². The number of benzene rings is 1. The van der Waals surface area contributed by atoms with Crippen LogP contribution in [0, 0.1) is 5.82 Å². The van der Waals surface area contributed by atoms with Crippen molar-refractivity contribution >= 4 is 0 Å². The van der Waals surface area contributed by atoms with Crippen molar-refractivity contribution in [1.29, 1.82) is 0 Å². The van der Waals surface area contributed by atoms with Crippen molar-refractivity contribution in [1.82, 2.24) is 0 Å². The second kappa shape index (κ2) is 3.34. The number of rotatable bonds is 2. The maximum atomic E-state index is 12.8. The van der Waals surface area contributed by atoms with E-state index in [4.69, 9.17) is 5.11 Å². The summed E-state index contributed by atoms with van der Waals surface area (Å²) in [6.07, 6.45) is 0.365. The molecule has 0 aliphatic rings. The van der Waals surface area contributed by atoms with E-state index in [1.54, 1.807) is 19.9 Å². The average molecular weight is 184 g/mol. The van der Waals surface area contributed by atoms with Crippen LogP contribution >= 0.6 is 0 Å². The second-order valence-electron chi connectivity index (χ2n) is 3.77. The lowest BCUT2D eigenvalue weighted by atomic mass is 9.99. The largest absolute Gasteiger partial charge is 0.505 e. The highest BCUT2D eigenvalue weighted by Crippen LogP contribution is 2.19. The van der Waals surface area contributed by atoms with E-state index in [1.807, 2.05) is 0 Å². The molecule has 0 aliphatic heterocycles. The molecule has 72 valence electrons. The summed E-state index contributed by atoms with van der Waals surface area (Å²) in [5.74, 6) is -1.01. The zero-order chi connectivity index (χ0) is 10.1. The smallest absolute Gasteiger partial charge is 0.165 e. The summed E-state index contributed by atoms with van der Waals surface area (Å²) in [5, 5.41) is 18.4. The summed E-state index contributed by atoms with van der Waals surface area (Å²) in [7, 11) is 0. The molecule has 1 aromatic carbocycles. The zero-order valence-electron chi connectivity index (χ0n) is 7.71. The van der Waals surface area contributed by atoms with Crippen molar-refractivity contribution < 1.29 is 14.6 Å².